The number of nitrogens with zero attached hydrogens (tertiary/aromatic N) is 1. The molecule has 0 fully saturated rings. The van der Waals surface area contributed by atoms with Crippen molar-refractivity contribution in [1.29, 1.82) is 0 Å². The number of carbonyl (C=O) groups is 1. The minimum Gasteiger partial charge on any atom is -0.354 e. The Morgan fingerprint density at radius 2 is 2.17 bits per heavy atom. The molecule has 0 saturated heterocycles. The number of aromatic nitrogens is 1. The van der Waals surface area contributed by atoms with Crippen LogP contribution in [0.5, 0.6) is 0 Å². The Hall–Kier alpha value is -1.42. The lowest BCUT2D eigenvalue weighted by atomic mass is 9.94. The van der Waals surface area contributed by atoms with Crippen LogP contribution in [0.2, 0.25) is 0 Å². The molecular formula is C14H23N3O. The van der Waals surface area contributed by atoms with Gasteiger partial charge in [-0.3, -0.25) is 9.78 Å². The van der Waals surface area contributed by atoms with Crippen LogP contribution in [-0.2, 0) is 11.2 Å². The Morgan fingerprint density at radius 1 is 1.44 bits per heavy atom. The van der Waals surface area contributed by atoms with Gasteiger partial charge in [0.05, 0.1) is 0 Å². The molecule has 0 aliphatic carbocycles. The van der Waals surface area contributed by atoms with Crippen LogP contribution in [0.15, 0.2) is 24.5 Å². The number of rotatable bonds is 7. The minimum absolute atomic E-state index is 0.0515. The molecule has 1 aromatic heterocycles. The Balaban J connectivity index is 2.30. The van der Waals surface area contributed by atoms with Gasteiger partial charge in [-0.05, 0) is 30.9 Å². The van der Waals surface area contributed by atoms with Crippen LogP contribution in [-0.4, -0.2) is 23.0 Å². The van der Waals surface area contributed by atoms with Gasteiger partial charge in [0.15, 0.2) is 0 Å². The average molecular weight is 249 g/mol. The zero-order chi connectivity index (χ0) is 13.4. The number of hydrogen-bond acceptors (Lipinski definition) is 3. The summed E-state index contributed by atoms with van der Waals surface area (Å²) in [6.45, 7) is 4.64. The summed E-state index contributed by atoms with van der Waals surface area (Å²) in [6.07, 6.45) is 6.46. The summed E-state index contributed by atoms with van der Waals surface area (Å²) in [5.74, 6) is 0.0515. The number of nitrogens with two attached hydrogens (primary N) is 1. The fraction of sp³-hybridized carbons (Fsp3) is 0.571. The van der Waals surface area contributed by atoms with E-state index in [0.717, 1.165) is 24.8 Å². The van der Waals surface area contributed by atoms with Crippen LogP contribution in [0.4, 0.5) is 0 Å². The molecule has 0 unspecified atom stereocenters. The van der Waals surface area contributed by atoms with Gasteiger partial charge in [0.1, 0.15) is 0 Å². The highest BCUT2D eigenvalue weighted by Crippen LogP contribution is 2.09. The summed E-state index contributed by atoms with van der Waals surface area (Å²) in [7, 11) is 0. The van der Waals surface area contributed by atoms with E-state index in [1.807, 2.05) is 26.0 Å². The number of hydrogen-bond donors (Lipinski definition) is 2. The molecule has 4 heteroatoms. The second-order valence-electron chi connectivity index (χ2n) is 4.71. The van der Waals surface area contributed by atoms with E-state index in [1.165, 1.54) is 0 Å². The summed E-state index contributed by atoms with van der Waals surface area (Å²) in [6, 6.07) is 3.86. The highest BCUT2D eigenvalue weighted by atomic mass is 16.1. The van der Waals surface area contributed by atoms with Crippen LogP contribution in [0.3, 0.4) is 0 Å². The van der Waals surface area contributed by atoms with Gasteiger partial charge >= 0.3 is 0 Å². The zero-order valence-electron chi connectivity index (χ0n) is 11.3. The van der Waals surface area contributed by atoms with Crippen molar-refractivity contribution in [3.63, 3.8) is 0 Å². The smallest absolute Gasteiger partial charge is 0.220 e. The Kier molecular flexibility index (Phi) is 5.78. The number of nitrogens with one attached hydrogen (secondary N) is 1. The van der Waals surface area contributed by atoms with Gasteiger partial charge in [0.25, 0.3) is 0 Å². The predicted octanol–water partition coefficient (Wildman–Crippen LogP) is 1.65. The highest BCUT2D eigenvalue weighted by molar-refractivity contribution is 5.76. The molecule has 18 heavy (non-hydrogen) atoms. The number of amides is 1. The number of carbonyl (C=O) groups excluding carboxylic acids is 1. The summed E-state index contributed by atoms with van der Waals surface area (Å²) in [4.78, 5) is 15.7. The van der Waals surface area contributed by atoms with E-state index < -0.39 is 0 Å². The third-order valence-electron chi connectivity index (χ3n) is 3.41. The molecule has 0 atom stereocenters. The summed E-state index contributed by atoms with van der Waals surface area (Å²) in [5.41, 5.74) is 6.93. The predicted molar refractivity (Wildman–Crippen MR) is 73.1 cm³/mol. The third kappa shape index (κ3) is 4.84. The van der Waals surface area contributed by atoms with Gasteiger partial charge in [-0.2, -0.15) is 0 Å². The second kappa shape index (κ2) is 7.11. The first kappa shape index (κ1) is 14.6. The molecule has 1 amide bonds. The molecule has 0 aliphatic rings. The quantitative estimate of drug-likeness (QED) is 0.772. The van der Waals surface area contributed by atoms with Crippen molar-refractivity contribution >= 4 is 5.91 Å². The van der Waals surface area contributed by atoms with Crippen molar-refractivity contribution in [2.75, 3.05) is 6.54 Å². The van der Waals surface area contributed by atoms with Gasteiger partial charge in [0.2, 0.25) is 5.91 Å². The van der Waals surface area contributed by atoms with E-state index in [1.54, 1.807) is 12.4 Å². The molecule has 1 aromatic rings. The third-order valence-corrected chi connectivity index (χ3v) is 3.41. The molecular weight excluding hydrogens is 226 g/mol. The topological polar surface area (TPSA) is 68.0 Å². The van der Waals surface area contributed by atoms with E-state index in [-0.39, 0.29) is 11.4 Å². The van der Waals surface area contributed by atoms with E-state index in [9.17, 15) is 4.79 Å². The van der Waals surface area contributed by atoms with E-state index in [4.69, 9.17) is 5.73 Å². The van der Waals surface area contributed by atoms with Crippen LogP contribution in [0.1, 0.15) is 38.7 Å². The van der Waals surface area contributed by atoms with Crippen LogP contribution in [0.25, 0.3) is 0 Å². The normalized spacial score (nSPS) is 11.3. The molecule has 0 aliphatic heterocycles. The molecule has 1 rings (SSSR count). The Labute approximate surface area is 109 Å². The van der Waals surface area contributed by atoms with Crippen molar-refractivity contribution in [1.82, 2.24) is 10.3 Å². The summed E-state index contributed by atoms with van der Waals surface area (Å²) >= 11 is 0. The van der Waals surface area contributed by atoms with Gasteiger partial charge in [-0.15, -0.1) is 0 Å². The van der Waals surface area contributed by atoms with Crippen LogP contribution < -0.4 is 11.1 Å². The van der Waals surface area contributed by atoms with Crippen molar-refractivity contribution in [2.45, 2.75) is 45.1 Å². The average Bonchev–Trinajstić information content (AvgIpc) is 2.43. The van der Waals surface area contributed by atoms with Crippen molar-refractivity contribution in [3.05, 3.63) is 30.1 Å². The fourth-order valence-electron chi connectivity index (χ4n) is 1.67. The van der Waals surface area contributed by atoms with E-state index in [0.29, 0.717) is 13.0 Å². The lowest BCUT2D eigenvalue weighted by Gasteiger charge is -2.26. The molecule has 100 valence electrons. The lowest BCUT2D eigenvalue weighted by molar-refractivity contribution is -0.121. The zero-order valence-corrected chi connectivity index (χ0v) is 11.3. The van der Waals surface area contributed by atoms with Gasteiger partial charge in [-0.1, -0.05) is 19.9 Å². The van der Waals surface area contributed by atoms with Gasteiger partial charge in [-0.25, -0.2) is 0 Å². The summed E-state index contributed by atoms with van der Waals surface area (Å²) in [5, 5.41) is 2.91. The molecule has 0 spiro atoms. The molecule has 4 nitrogen and oxygen atoms in total. The van der Waals surface area contributed by atoms with E-state index in [2.05, 4.69) is 10.3 Å². The van der Waals surface area contributed by atoms with Gasteiger partial charge < -0.3 is 11.1 Å². The van der Waals surface area contributed by atoms with E-state index >= 15 is 0 Å². The maximum atomic E-state index is 11.7. The molecule has 1 heterocycles. The first-order chi connectivity index (χ1) is 8.59. The highest BCUT2D eigenvalue weighted by Gasteiger charge is 2.20. The molecule has 0 bridgehead atoms. The second-order valence-corrected chi connectivity index (χ2v) is 4.71. The Bertz CT molecular complexity index is 361. The first-order valence-electron chi connectivity index (χ1n) is 6.54. The van der Waals surface area contributed by atoms with Crippen molar-refractivity contribution in [3.8, 4) is 0 Å². The first-order valence-corrected chi connectivity index (χ1v) is 6.54. The molecule has 0 aromatic carbocycles. The lowest BCUT2D eigenvalue weighted by Crippen LogP contribution is -2.49. The van der Waals surface area contributed by atoms with Crippen LogP contribution in [0, 0.1) is 0 Å². The van der Waals surface area contributed by atoms with Crippen molar-refractivity contribution < 1.29 is 4.79 Å². The van der Waals surface area contributed by atoms with Crippen LogP contribution >= 0.6 is 0 Å². The fourth-order valence-corrected chi connectivity index (χ4v) is 1.67. The largest absolute Gasteiger partial charge is 0.354 e. The molecule has 0 saturated carbocycles. The SMILES string of the molecule is CCC(N)(CC)CNC(=O)CCc1cccnc1. The maximum absolute atomic E-state index is 11.7. The van der Waals surface area contributed by atoms with Gasteiger partial charge in [0, 0.05) is 30.9 Å². The number of pyridine rings is 1. The number of aryl methyl sites for hydroxylation is 1. The van der Waals surface area contributed by atoms with Crippen molar-refractivity contribution in [2.24, 2.45) is 5.73 Å². The minimum atomic E-state index is -0.274. The monoisotopic (exact) mass is 249 g/mol. The maximum Gasteiger partial charge on any atom is 0.220 e. The summed E-state index contributed by atoms with van der Waals surface area (Å²) < 4.78 is 0. The molecule has 3 N–H and O–H groups in total. The standard InChI is InChI=1S/C14H23N3O/c1-3-14(15,4-2)11-17-13(18)8-7-12-6-5-9-16-10-12/h5-6,9-10H,3-4,7-8,11,15H2,1-2H3,(H,17,18). The Morgan fingerprint density at radius 3 is 2.72 bits per heavy atom. The molecule has 0 radical (unpaired) electrons.